The maximum absolute atomic E-state index is 4.94. The van der Waals surface area contributed by atoms with Crippen LogP contribution in [0.3, 0.4) is 0 Å². The Morgan fingerprint density at radius 2 is 1.79 bits per heavy atom. The minimum atomic E-state index is 0.511. The molecule has 0 saturated heterocycles. The highest BCUT2D eigenvalue weighted by atomic mass is 32.1. The summed E-state index contributed by atoms with van der Waals surface area (Å²) in [6.45, 7) is 13.9. The molecule has 0 spiro atoms. The van der Waals surface area contributed by atoms with Gasteiger partial charge in [0, 0.05) is 12.1 Å². The van der Waals surface area contributed by atoms with Crippen molar-refractivity contribution in [1.82, 2.24) is 19.6 Å². The summed E-state index contributed by atoms with van der Waals surface area (Å²) in [7, 11) is 0. The van der Waals surface area contributed by atoms with Crippen LogP contribution >= 0.6 is 11.3 Å². The highest BCUT2D eigenvalue weighted by Crippen LogP contribution is 2.37. The van der Waals surface area contributed by atoms with Crippen molar-refractivity contribution in [1.29, 1.82) is 0 Å². The minimum absolute atomic E-state index is 0.511. The van der Waals surface area contributed by atoms with Gasteiger partial charge in [0.2, 0.25) is 0 Å². The molecule has 3 aromatic rings. The number of thiazole rings is 1. The average molecular weight is 400 g/mol. The Balaban J connectivity index is 2.04. The van der Waals surface area contributed by atoms with Gasteiger partial charge >= 0.3 is 0 Å². The van der Waals surface area contributed by atoms with Crippen molar-refractivity contribution in [3.63, 3.8) is 0 Å². The first-order chi connectivity index (χ1) is 13.5. The maximum atomic E-state index is 4.94. The molecule has 152 valence electrons. The number of rotatable bonds is 9. The molecular weight excluding hydrogens is 366 g/mol. The molecule has 0 aliphatic heterocycles. The molecule has 0 aliphatic carbocycles. The van der Waals surface area contributed by atoms with Crippen LogP contribution in [0.25, 0.3) is 16.2 Å². The Morgan fingerprint density at radius 3 is 2.46 bits per heavy atom. The van der Waals surface area contributed by atoms with E-state index in [1.165, 1.54) is 24.8 Å². The molecule has 1 N–H and O–H groups in total. The van der Waals surface area contributed by atoms with Gasteiger partial charge in [0.05, 0.1) is 22.0 Å². The van der Waals surface area contributed by atoms with E-state index in [4.69, 9.17) is 15.1 Å². The van der Waals surface area contributed by atoms with Crippen molar-refractivity contribution in [3.8, 4) is 10.6 Å². The van der Waals surface area contributed by atoms with Gasteiger partial charge in [0.1, 0.15) is 5.69 Å². The third-order valence-corrected chi connectivity index (χ3v) is 6.52. The smallest absolute Gasteiger partial charge is 0.183 e. The SMILES string of the molecule is CCCCCNc1nc(C)c(-c2c(C)nc3c(C(CC)CC)cc(C)nn23)s1. The molecule has 6 heteroatoms. The van der Waals surface area contributed by atoms with Crippen LogP contribution < -0.4 is 5.32 Å². The van der Waals surface area contributed by atoms with Crippen molar-refractivity contribution < 1.29 is 0 Å². The van der Waals surface area contributed by atoms with Gasteiger partial charge in [-0.15, -0.1) is 0 Å². The number of nitrogens with one attached hydrogen (secondary N) is 1. The van der Waals surface area contributed by atoms with E-state index in [0.29, 0.717) is 5.92 Å². The highest BCUT2D eigenvalue weighted by molar-refractivity contribution is 7.19. The van der Waals surface area contributed by atoms with E-state index in [-0.39, 0.29) is 0 Å². The number of aryl methyl sites for hydroxylation is 3. The van der Waals surface area contributed by atoms with Gasteiger partial charge in [0.15, 0.2) is 10.8 Å². The summed E-state index contributed by atoms with van der Waals surface area (Å²) in [5.41, 5.74) is 6.49. The van der Waals surface area contributed by atoms with Gasteiger partial charge < -0.3 is 5.32 Å². The van der Waals surface area contributed by atoms with Crippen LogP contribution in [-0.2, 0) is 0 Å². The minimum Gasteiger partial charge on any atom is -0.361 e. The number of hydrogen-bond acceptors (Lipinski definition) is 5. The predicted octanol–water partition coefficient (Wildman–Crippen LogP) is 6.28. The first-order valence-corrected chi connectivity index (χ1v) is 11.4. The molecule has 0 atom stereocenters. The lowest BCUT2D eigenvalue weighted by atomic mass is 9.95. The zero-order valence-corrected chi connectivity index (χ0v) is 18.9. The van der Waals surface area contributed by atoms with Gasteiger partial charge in [-0.25, -0.2) is 14.5 Å². The topological polar surface area (TPSA) is 55.1 Å². The van der Waals surface area contributed by atoms with Gasteiger partial charge in [-0.3, -0.25) is 0 Å². The lowest BCUT2D eigenvalue weighted by Crippen LogP contribution is -2.05. The first kappa shape index (κ1) is 20.8. The number of fused-ring (bicyclic) bond motifs is 1. The molecule has 28 heavy (non-hydrogen) atoms. The largest absolute Gasteiger partial charge is 0.361 e. The van der Waals surface area contributed by atoms with Gasteiger partial charge in [-0.05, 0) is 52.0 Å². The molecule has 0 aliphatic rings. The summed E-state index contributed by atoms with van der Waals surface area (Å²) in [4.78, 5) is 10.9. The molecule has 0 bridgehead atoms. The second kappa shape index (κ2) is 9.03. The van der Waals surface area contributed by atoms with E-state index in [9.17, 15) is 0 Å². The Hall–Kier alpha value is -1.95. The van der Waals surface area contributed by atoms with Crippen molar-refractivity contribution in [2.45, 2.75) is 79.6 Å². The molecular formula is C22H33N5S. The van der Waals surface area contributed by atoms with Crippen molar-refractivity contribution in [2.75, 3.05) is 11.9 Å². The third-order valence-electron chi connectivity index (χ3n) is 5.40. The fraction of sp³-hybridized carbons (Fsp3) is 0.591. The molecule has 0 saturated carbocycles. The standard InChI is InChI=1S/C22H33N5S/c1-7-10-11-12-23-22-25-16(6)20(28-22)19-15(5)24-21-18(17(8-2)9-3)13-14(4)26-27(19)21/h13,17H,7-12H2,1-6H3,(H,23,25). The van der Waals surface area contributed by atoms with Crippen LogP contribution in [0.5, 0.6) is 0 Å². The van der Waals surface area contributed by atoms with E-state index >= 15 is 0 Å². The van der Waals surface area contributed by atoms with Crippen LogP contribution in [-0.4, -0.2) is 26.1 Å². The molecule has 3 heterocycles. The van der Waals surface area contributed by atoms with E-state index in [1.54, 1.807) is 11.3 Å². The quantitative estimate of drug-likeness (QED) is 0.430. The molecule has 3 rings (SSSR count). The van der Waals surface area contributed by atoms with Crippen molar-refractivity contribution in [2.24, 2.45) is 0 Å². The fourth-order valence-electron chi connectivity index (χ4n) is 3.83. The third kappa shape index (κ3) is 4.07. The molecule has 5 nitrogen and oxygen atoms in total. The van der Waals surface area contributed by atoms with Crippen LogP contribution in [0.2, 0.25) is 0 Å². The van der Waals surface area contributed by atoms with Crippen molar-refractivity contribution in [3.05, 3.63) is 28.7 Å². The fourth-order valence-corrected chi connectivity index (χ4v) is 4.90. The lowest BCUT2D eigenvalue weighted by Gasteiger charge is -2.14. The number of imidazole rings is 1. The van der Waals surface area contributed by atoms with Crippen LogP contribution in [0.1, 0.15) is 81.4 Å². The van der Waals surface area contributed by atoms with Gasteiger partial charge in [0.25, 0.3) is 0 Å². The van der Waals surface area contributed by atoms with E-state index in [0.717, 1.165) is 57.8 Å². The average Bonchev–Trinajstić information content (AvgIpc) is 3.18. The molecule has 3 aromatic heterocycles. The summed E-state index contributed by atoms with van der Waals surface area (Å²) in [5.74, 6) is 0.511. The predicted molar refractivity (Wildman–Crippen MR) is 120 cm³/mol. The number of anilines is 1. The Labute approximate surface area is 172 Å². The van der Waals surface area contributed by atoms with Gasteiger partial charge in [-0.2, -0.15) is 5.10 Å². The number of aromatic nitrogens is 4. The van der Waals surface area contributed by atoms with E-state index in [1.807, 2.05) is 0 Å². The summed E-state index contributed by atoms with van der Waals surface area (Å²) in [5, 5.41) is 9.31. The zero-order valence-electron chi connectivity index (χ0n) is 18.1. The van der Waals surface area contributed by atoms with Gasteiger partial charge in [-0.1, -0.05) is 44.9 Å². The monoisotopic (exact) mass is 399 g/mol. The summed E-state index contributed by atoms with van der Waals surface area (Å²) in [6.07, 6.45) is 5.89. The summed E-state index contributed by atoms with van der Waals surface area (Å²) < 4.78 is 2.06. The van der Waals surface area contributed by atoms with Crippen LogP contribution in [0.4, 0.5) is 5.13 Å². The van der Waals surface area contributed by atoms with Crippen LogP contribution in [0.15, 0.2) is 6.07 Å². The Kier molecular flexibility index (Phi) is 6.70. The molecule has 0 fully saturated rings. The van der Waals surface area contributed by atoms with Crippen LogP contribution in [0, 0.1) is 20.8 Å². The maximum Gasteiger partial charge on any atom is 0.183 e. The second-order valence-electron chi connectivity index (χ2n) is 7.60. The molecule has 0 aromatic carbocycles. The van der Waals surface area contributed by atoms with Crippen molar-refractivity contribution >= 4 is 22.1 Å². The normalized spacial score (nSPS) is 11.7. The second-order valence-corrected chi connectivity index (χ2v) is 8.60. The molecule has 0 unspecified atom stereocenters. The summed E-state index contributed by atoms with van der Waals surface area (Å²) >= 11 is 1.71. The summed E-state index contributed by atoms with van der Waals surface area (Å²) in [6, 6.07) is 2.21. The number of nitrogens with zero attached hydrogens (tertiary/aromatic N) is 4. The highest BCUT2D eigenvalue weighted by Gasteiger charge is 2.22. The number of hydrogen-bond donors (Lipinski definition) is 1. The van der Waals surface area contributed by atoms with E-state index < -0.39 is 0 Å². The Morgan fingerprint density at radius 1 is 1.04 bits per heavy atom. The first-order valence-electron chi connectivity index (χ1n) is 10.6. The van der Waals surface area contributed by atoms with E-state index in [2.05, 4.69) is 57.4 Å². The molecule has 0 radical (unpaired) electrons. The Bertz CT molecular complexity index is 936. The lowest BCUT2D eigenvalue weighted by molar-refractivity contribution is 0.638. The number of unbranched alkanes of at least 4 members (excludes halogenated alkanes) is 2. The molecule has 0 amide bonds. The zero-order chi connectivity index (χ0) is 20.3.